The van der Waals surface area contributed by atoms with E-state index in [0.717, 1.165) is 5.56 Å². The predicted octanol–water partition coefficient (Wildman–Crippen LogP) is 2.63. The van der Waals surface area contributed by atoms with Crippen molar-refractivity contribution < 1.29 is 19.2 Å². The summed E-state index contributed by atoms with van der Waals surface area (Å²) in [5.74, 6) is 0.727. The van der Waals surface area contributed by atoms with Crippen LogP contribution < -0.4 is 9.47 Å². The van der Waals surface area contributed by atoms with Crippen molar-refractivity contribution >= 4 is 11.8 Å². The molecule has 0 unspecified atom stereocenters. The first-order chi connectivity index (χ1) is 11.0. The molecule has 2 aromatic rings. The van der Waals surface area contributed by atoms with Crippen molar-refractivity contribution in [3.8, 4) is 11.6 Å². The van der Waals surface area contributed by atoms with Gasteiger partial charge in [0.15, 0.2) is 0 Å². The second-order valence-electron chi connectivity index (χ2n) is 4.68. The molecule has 8 heteroatoms. The number of nitro benzene ring substituents is 1. The molecule has 1 aromatic carbocycles. The molecular weight excluding hydrogens is 302 g/mol. The first-order valence-corrected chi connectivity index (χ1v) is 6.66. The third-order valence-electron chi connectivity index (χ3n) is 2.99. The normalized spacial score (nSPS) is 10.0. The SMILES string of the molecule is COc1ccc(CN(C)C(=O)Oc2ccc([N+](=O)[O-])cc2)cn1. The summed E-state index contributed by atoms with van der Waals surface area (Å²) in [6.45, 7) is 0.308. The van der Waals surface area contributed by atoms with Crippen molar-refractivity contribution in [3.63, 3.8) is 0 Å². The van der Waals surface area contributed by atoms with Crippen molar-refractivity contribution in [3.05, 3.63) is 58.3 Å². The highest BCUT2D eigenvalue weighted by Crippen LogP contribution is 2.18. The third kappa shape index (κ3) is 4.40. The number of carbonyl (C=O) groups excluding carboxylic acids is 1. The molecule has 0 fully saturated rings. The van der Waals surface area contributed by atoms with Crippen LogP contribution in [0.1, 0.15) is 5.56 Å². The van der Waals surface area contributed by atoms with Gasteiger partial charge in [-0.25, -0.2) is 9.78 Å². The van der Waals surface area contributed by atoms with E-state index in [9.17, 15) is 14.9 Å². The van der Waals surface area contributed by atoms with Gasteiger partial charge in [0, 0.05) is 31.4 Å². The number of nitro groups is 1. The molecule has 1 aromatic heterocycles. The minimum Gasteiger partial charge on any atom is -0.481 e. The van der Waals surface area contributed by atoms with E-state index in [1.165, 1.54) is 36.3 Å². The lowest BCUT2D eigenvalue weighted by Gasteiger charge is -2.16. The fraction of sp³-hybridized carbons (Fsp3) is 0.200. The number of non-ortho nitro benzene ring substituents is 1. The highest BCUT2D eigenvalue weighted by Gasteiger charge is 2.13. The molecule has 1 amide bonds. The first kappa shape index (κ1) is 16.2. The summed E-state index contributed by atoms with van der Waals surface area (Å²) in [6.07, 6.45) is 1.03. The first-order valence-electron chi connectivity index (χ1n) is 6.66. The van der Waals surface area contributed by atoms with Crippen LogP contribution in [0.3, 0.4) is 0 Å². The molecule has 0 spiro atoms. The fourth-order valence-electron chi connectivity index (χ4n) is 1.78. The van der Waals surface area contributed by atoms with Gasteiger partial charge in [-0.2, -0.15) is 0 Å². The molecular formula is C15H15N3O5. The van der Waals surface area contributed by atoms with Gasteiger partial charge < -0.3 is 14.4 Å². The van der Waals surface area contributed by atoms with Crippen molar-refractivity contribution in [2.75, 3.05) is 14.2 Å². The van der Waals surface area contributed by atoms with Gasteiger partial charge in [0.1, 0.15) is 5.75 Å². The van der Waals surface area contributed by atoms with Crippen LogP contribution in [0.2, 0.25) is 0 Å². The van der Waals surface area contributed by atoms with Gasteiger partial charge in [-0.3, -0.25) is 10.1 Å². The van der Waals surface area contributed by atoms with Crippen LogP contribution in [0.5, 0.6) is 11.6 Å². The maximum absolute atomic E-state index is 12.0. The Bertz CT molecular complexity index is 685. The fourth-order valence-corrected chi connectivity index (χ4v) is 1.78. The molecule has 120 valence electrons. The van der Waals surface area contributed by atoms with Gasteiger partial charge in [0.25, 0.3) is 5.69 Å². The molecule has 2 rings (SSSR count). The molecule has 0 aliphatic rings. The van der Waals surface area contributed by atoms with E-state index in [1.807, 2.05) is 0 Å². The van der Waals surface area contributed by atoms with Crippen molar-refractivity contribution in [2.24, 2.45) is 0 Å². The summed E-state index contributed by atoms with van der Waals surface area (Å²) < 4.78 is 10.1. The second kappa shape index (κ2) is 7.21. The molecule has 0 aliphatic heterocycles. The number of aromatic nitrogens is 1. The summed E-state index contributed by atoms with van der Waals surface area (Å²) >= 11 is 0. The molecule has 8 nitrogen and oxygen atoms in total. The largest absolute Gasteiger partial charge is 0.481 e. The Hall–Kier alpha value is -3.16. The van der Waals surface area contributed by atoms with Crippen molar-refractivity contribution in [2.45, 2.75) is 6.54 Å². The molecule has 23 heavy (non-hydrogen) atoms. The number of methoxy groups -OCH3 is 1. The Labute approximate surface area is 132 Å². The third-order valence-corrected chi connectivity index (χ3v) is 2.99. The van der Waals surface area contributed by atoms with Crippen LogP contribution in [-0.4, -0.2) is 35.1 Å². The van der Waals surface area contributed by atoms with Gasteiger partial charge in [-0.05, 0) is 17.7 Å². The highest BCUT2D eigenvalue weighted by molar-refractivity contribution is 5.70. The number of amides is 1. The maximum Gasteiger partial charge on any atom is 0.415 e. The second-order valence-corrected chi connectivity index (χ2v) is 4.68. The number of pyridine rings is 1. The van der Waals surface area contributed by atoms with Crippen molar-refractivity contribution in [1.82, 2.24) is 9.88 Å². The molecule has 0 N–H and O–H groups in total. The van der Waals surface area contributed by atoms with E-state index in [1.54, 1.807) is 25.4 Å². The molecule has 0 radical (unpaired) electrons. The molecule has 0 aliphatic carbocycles. The number of benzene rings is 1. The van der Waals surface area contributed by atoms with E-state index < -0.39 is 11.0 Å². The standard InChI is InChI=1S/C15H15N3O5/c1-17(10-11-3-8-14(22-2)16-9-11)15(19)23-13-6-4-12(5-7-13)18(20)21/h3-9H,10H2,1-2H3. The van der Waals surface area contributed by atoms with Crippen LogP contribution in [0, 0.1) is 10.1 Å². The zero-order valence-corrected chi connectivity index (χ0v) is 12.6. The summed E-state index contributed by atoms with van der Waals surface area (Å²) in [5, 5.41) is 10.6. The topological polar surface area (TPSA) is 94.8 Å². The molecule has 1 heterocycles. The zero-order chi connectivity index (χ0) is 16.8. The van der Waals surface area contributed by atoms with Gasteiger partial charge in [-0.1, -0.05) is 6.07 Å². The maximum atomic E-state index is 12.0. The Morgan fingerprint density at radius 3 is 2.48 bits per heavy atom. The minimum atomic E-state index is -0.574. The number of nitrogens with zero attached hydrogens (tertiary/aromatic N) is 3. The number of ether oxygens (including phenoxy) is 2. The van der Waals surface area contributed by atoms with Crippen LogP contribution >= 0.6 is 0 Å². The van der Waals surface area contributed by atoms with Crippen LogP contribution in [-0.2, 0) is 6.54 Å². The van der Waals surface area contributed by atoms with Gasteiger partial charge in [0.2, 0.25) is 5.88 Å². The number of hydrogen-bond acceptors (Lipinski definition) is 6. The van der Waals surface area contributed by atoms with Crippen LogP contribution in [0.25, 0.3) is 0 Å². The van der Waals surface area contributed by atoms with Crippen LogP contribution in [0.15, 0.2) is 42.6 Å². The summed E-state index contributed by atoms with van der Waals surface area (Å²) in [4.78, 5) is 27.5. The van der Waals surface area contributed by atoms with Gasteiger partial charge in [-0.15, -0.1) is 0 Å². The highest BCUT2D eigenvalue weighted by atomic mass is 16.6. The van der Waals surface area contributed by atoms with E-state index in [2.05, 4.69) is 4.98 Å². The quantitative estimate of drug-likeness (QED) is 0.621. The summed E-state index contributed by atoms with van der Waals surface area (Å²) in [5.41, 5.74) is 0.747. The summed E-state index contributed by atoms with van der Waals surface area (Å²) in [6, 6.07) is 8.79. The Morgan fingerprint density at radius 1 is 1.26 bits per heavy atom. The van der Waals surface area contributed by atoms with Crippen molar-refractivity contribution in [1.29, 1.82) is 0 Å². The lowest BCUT2D eigenvalue weighted by Crippen LogP contribution is -2.29. The van der Waals surface area contributed by atoms with E-state index in [4.69, 9.17) is 9.47 Å². The number of hydrogen-bond donors (Lipinski definition) is 0. The Balaban J connectivity index is 1.94. The van der Waals surface area contributed by atoms with E-state index in [-0.39, 0.29) is 11.4 Å². The monoisotopic (exact) mass is 317 g/mol. The Kier molecular flexibility index (Phi) is 5.08. The molecule has 0 bridgehead atoms. The Morgan fingerprint density at radius 2 is 1.96 bits per heavy atom. The number of rotatable bonds is 5. The molecule has 0 saturated heterocycles. The van der Waals surface area contributed by atoms with Gasteiger partial charge in [0.05, 0.1) is 18.6 Å². The minimum absolute atomic E-state index is 0.0672. The average Bonchev–Trinajstić information content (AvgIpc) is 2.56. The summed E-state index contributed by atoms with van der Waals surface area (Å²) in [7, 11) is 3.10. The van der Waals surface area contributed by atoms with E-state index in [0.29, 0.717) is 12.4 Å². The zero-order valence-electron chi connectivity index (χ0n) is 12.6. The lowest BCUT2D eigenvalue weighted by molar-refractivity contribution is -0.384. The van der Waals surface area contributed by atoms with Gasteiger partial charge >= 0.3 is 6.09 Å². The smallest absolute Gasteiger partial charge is 0.415 e. The average molecular weight is 317 g/mol. The van der Waals surface area contributed by atoms with Crippen LogP contribution in [0.4, 0.5) is 10.5 Å². The lowest BCUT2D eigenvalue weighted by atomic mass is 10.3. The van der Waals surface area contributed by atoms with E-state index >= 15 is 0 Å². The number of carbonyl (C=O) groups is 1. The molecule has 0 saturated carbocycles. The molecule has 0 atom stereocenters. The predicted molar refractivity (Wildman–Crippen MR) is 81.4 cm³/mol.